The number of hydrogen-bond acceptors (Lipinski definition) is 5. The molecule has 180 valence electrons. The van der Waals surface area contributed by atoms with Crippen molar-refractivity contribution in [2.75, 3.05) is 10.6 Å². The molecule has 2 heterocycles. The van der Waals surface area contributed by atoms with Gasteiger partial charge in [-0.25, -0.2) is 4.98 Å². The van der Waals surface area contributed by atoms with Gasteiger partial charge in [0.15, 0.2) is 0 Å². The zero-order chi connectivity index (χ0) is 25.3. The van der Waals surface area contributed by atoms with Crippen LogP contribution in [0.3, 0.4) is 0 Å². The van der Waals surface area contributed by atoms with Gasteiger partial charge in [0.25, 0.3) is 11.5 Å². The lowest BCUT2D eigenvalue weighted by Gasteiger charge is -2.18. The predicted molar refractivity (Wildman–Crippen MR) is 142 cm³/mol. The van der Waals surface area contributed by atoms with Crippen molar-refractivity contribution in [3.8, 4) is 0 Å². The number of carbonyl (C=O) groups is 2. The standard InChI is InChI=1S/C25H22Cl2N4O3S/c1-4-19(22(32)30-18-10-9-15(26)11-16(18)27)31-12-28-24-20(25(31)34)14(3)21(35-24)23(33)29-17-8-6-5-7-13(17)2/h5-12,19H,4H2,1-3H3,(H,29,33)(H,30,32). The van der Waals surface area contributed by atoms with E-state index in [1.807, 2.05) is 31.2 Å². The highest BCUT2D eigenvalue weighted by atomic mass is 35.5. The molecule has 1 unspecified atom stereocenters. The first-order valence-corrected chi connectivity index (χ1v) is 12.4. The van der Waals surface area contributed by atoms with Crippen molar-refractivity contribution in [3.05, 3.63) is 85.2 Å². The van der Waals surface area contributed by atoms with E-state index in [1.165, 1.54) is 17.0 Å². The van der Waals surface area contributed by atoms with Crippen LogP contribution in [0.25, 0.3) is 10.2 Å². The minimum Gasteiger partial charge on any atom is -0.323 e. The normalized spacial score (nSPS) is 11.9. The fraction of sp³-hybridized carbons (Fsp3) is 0.200. The molecule has 2 aromatic carbocycles. The van der Waals surface area contributed by atoms with Crippen LogP contribution in [-0.2, 0) is 4.79 Å². The molecule has 7 nitrogen and oxygen atoms in total. The molecule has 0 aliphatic rings. The molecule has 0 saturated heterocycles. The lowest BCUT2D eigenvalue weighted by Crippen LogP contribution is -2.33. The van der Waals surface area contributed by atoms with Gasteiger partial charge < -0.3 is 10.6 Å². The molecule has 2 aromatic heterocycles. The van der Waals surface area contributed by atoms with E-state index in [2.05, 4.69) is 15.6 Å². The van der Waals surface area contributed by atoms with Gasteiger partial charge in [0.05, 0.1) is 27.3 Å². The summed E-state index contributed by atoms with van der Waals surface area (Å²) in [5.41, 5.74) is 2.16. The topological polar surface area (TPSA) is 93.1 Å². The minimum absolute atomic E-state index is 0.291. The van der Waals surface area contributed by atoms with Crippen LogP contribution in [0.15, 0.2) is 53.6 Å². The SMILES string of the molecule is CCC(C(=O)Nc1ccc(Cl)cc1Cl)n1cnc2sc(C(=O)Nc3ccccc3C)c(C)c2c1=O. The van der Waals surface area contributed by atoms with Crippen LogP contribution >= 0.6 is 34.5 Å². The first-order chi connectivity index (χ1) is 16.7. The molecule has 0 aliphatic carbocycles. The van der Waals surface area contributed by atoms with Crippen LogP contribution in [0.1, 0.15) is 40.2 Å². The van der Waals surface area contributed by atoms with Gasteiger partial charge in [-0.3, -0.25) is 19.0 Å². The number of amides is 2. The summed E-state index contributed by atoms with van der Waals surface area (Å²) >= 11 is 13.3. The van der Waals surface area contributed by atoms with E-state index < -0.39 is 11.9 Å². The van der Waals surface area contributed by atoms with Gasteiger partial charge >= 0.3 is 0 Å². The summed E-state index contributed by atoms with van der Waals surface area (Å²) in [7, 11) is 0. The fourth-order valence-electron chi connectivity index (χ4n) is 3.78. The molecule has 0 aliphatic heterocycles. The van der Waals surface area contributed by atoms with E-state index >= 15 is 0 Å². The van der Waals surface area contributed by atoms with Crippen LogP contribution in [-0.4, -0.2) is 21.4 Å². The molecule has 2 N–H and O–H groups in total. The number of thiophene rings is 1. The number of benzene rings is 2. The van der Waals surface area contributed by atoms with Crippen molar-refractivity contribution in [1.82, 2.24) is 9.55 Å². The van der Waals surface area contributed by atoms with Crippen molar-refractivity contribution < 1.29 is 9.59 Å². The largest absolute Gasteiger partial charge is 0.323 e. The van der Waals surface area contributed by atoms with Crippen molar-refractivity contribution in [1.29, 1.82) is 0 Å². The third kappa shape index (κ3) is 4.96. The van der Waals surface area contributed by atoms with E-state index in [0.717, 1.165) is 16.9 Å². The molecule has 35 heavy (non-hydrogen) atoms. The Morgan fingerprint density at radius 3 is 2.51 bits per heavy atom. The fourth-order valence-corrected chi connectivity index (χ4v) is 5.27. The van der Waals surface area contributed by atoms with Crippen molar-refractivity contribution in [2.45, 2.75) is 33.2 Å². The van der Waals surface area contributed by atoms with Gasteiger partial charge in [-0.1, -0.05) is 48.3 Å². The Kier molecular flexibility index (Phi) is 7.25. The maximum absolute atomic E-state index is 13.4. The quantitative estimate of drug-likeness (QED) is 0.310. The second kappa shape index (κ2) is 10.2. The second-order valence-corrected chi connectivity index (χ2v) is 9.84. The summed E-state index contributed by atoms with van der Waals surface area (Å²) in [6.45, 7) is 5.42. The summed E-state index contributed by atoms with van der Waals surface area (Å²) in [6.07, 6.45) is 1.69. The third-order valence-corrected chi connectivity index (χ3v) is 7.44. The van der Waals surface area contributed by atoms with Crippen LogP contribution in [0, 0.1) is 13.8 Å². The number of nitrogens with zero attached hydrogens (tertiary/aromatic N) is 2. The zero-order valence-corrected chi connectivity index (χ0v) is 21.5. The summed E-state index contributed by atoms with van der Waals surface area (Å²) in [5.74, 6) is -0.724. The highest BCUT2D eigenvalue weighted by molar-refractivity contribution is 7.20. The smallest absolute Gasteiger partial charge is 0.266 e. The highest BCUT2D eigenvalue weighted by Crippen LogP contribution is 2.30. The monoisotopic (exact) mass is 528 g/mol. The Morgan fingerprint density at radius 1 is 1.09 bits per heavy atom. The van der Waals surface area contributed by atoms with Gasteiger partial charge in [0.1, 0.15) is 10.9 Å². The Morgan fingerprint density at radius 2 is 1.83 bits per heavy atom. The van der Waals surface area contributed by atoms with Crippen molar-refractivity contribution >= 4 is 67.9 Å². The summed E-state index contributed by atoms with van der Waals surface area (Å²) < 4.78 is 1.30. The molecular formula is C25H22Cl2N4O3S. The van der Waals surface area contributed by atoms with Crippen molar-refractivity contribution in [3.63, 3.8) is 0 Å². The number of carbonyl (C=O) groups excluding carboxylic acids is 2. The molecular weight excluding hydrogens is 507 g/mol. The minimum atomic E-state index is -0.824. The van der Waals surface area contributed by atoms with Crippen LogP contribution in [0.5, 0.6) is 0 Å². The van der Waals surface area contributed by atoms with Gasteiger partial charge in [0.2, 0.25) is 5.91 Å². The van der Waals surface area contributed by atoms with Crippen LogP contribution < -0.4 is 16.2 Å². The van der Waals surface area contributed by atoms with E-state index in [4.69, 9.17) is 23.2 Å². The molecule has 0 fully saturated rings. The average molecular weight is 529 g/mol. The third-order valence-electron chi connectivity index (χ3n) is 5.69. The van der Waals surface area contributed by atoms with Gasteiger partial charge in [0, 0.05) is 10.7 Å². The number of rotatable bonds is 6. The number of aryl methyl sites for hydroxylation is 2. The Balaban J connectivity index is 1.67. The Bertz CT molecular complexity index is 1510. The first kappa shape index (κ1) is 24.9. The van der Waals surface area contributed by atoms with Gasteiger partial charge in [-0.2, -0.15) is 0 Å². The van der Waals surface area contributed by atoms with Crippen LogP contribution in [0.4, 0.5) is 11.4 Å². The van der Waals surface area contributed by atoms with E-state index in [0.29, 0.717) is 48.5 Å². The molecule has 0 saturated carbocycles. The lowest BCUT2D eigenvalue weighted by atomic mass is 10.1. The summed E-state index contributed by atoms with van der Waals surface area (Å²) in [6, 6.07) is 11.4. The first-order valence-electron chi connectivity index (χ1n) is 10.8. The average Bonchev–Trinajstić information content (AvgIpc) is 3.16. The van der Waals surface area contributed by atoms with Gasteiger partial charge in [-0.15, -0.1) is 11.3 Å². The summed E-state index contributed by atoms with van der Waals surface area (Å²) in [4.78, 5) is 44.7. The van der Waals surface area contributed by atoms with Gasteiger partial charge in [-0.05, 0) is 55.7 Å². The second-order valence-electron chi connectivity index (χ2n) is 8.00. The number of anilines is 2. The predicted octanol–water partition coefficient (Wildman–Crippen LogP) is 6.22. The Hall–Kier alpha value is -3.20. The molecule has 0 bridgehead atoms. The zero-order valence-electron chi connectivity index (χ0n) is 19.2. The molecule has 4 aromatic rings. The molecule has 0 radical (unpaired) electrons. The Labute approximate surface area is 215 Å². The molecule has 2 amide bonds. The summed E-state index contributed by atoms with van der Waals surface area (Å²) in [5, 5.41) is 6.71. The number of fused-ring (bicyclic) bond motifs is 1. The maximum Gasteiger partial charge on any atom is 0.266 e. The molecule has 1 atom stereocenters. The maximum atomic E-state index is 13.4. The highest BCUT2D eigenvalue weighted by Gasteiger charge is 2.25. The van der Waals surface area contributed by atoms with E-state index in [-0.39, 0.29) is 11.5 Å². The lowest BCUT2D eigenvalue weighted by molar-refractivity contribution is -0.119. The number of nitrogens with one attached hydrogen (secondary N) is 2. The molecule has 10 heteroatoms. The molecule has 0 spiro atoms. The van der Waals surface area contributed by atoms with E-state index in [1.54, 1.807) is 26.0 Å². The molecule has 4 rings (SSSR count). The number of halogens is 2. The van der Waals surface area contributed by atoms with Crippen molar-refractivity contribution in [2.24, 2.45) is 0 Å². The number of aromatic nitrogens is 2. The van der Waals surface area contributed by atoms with Crippen LogP contribution in [0.2, 0.25) is 10.0 Å². The number of para-hydroxylation sites is 1. The van der Waals surface area contributed by atoms with E-state index in [9.17, 15) is 14.4 Å². The number of hydrogen-bond donors (Lipinski definition) is 2.